The van der Waals surface area contributed by atoms with Crippen molar-refractivity contribution in [2.24, 2.45) is 0 Å². The van der Waals surface area contributed by atoms with Gasteiger partial charge in [-0.3, -0.25) is 0 Å². The second kappa shape index (κ2) is 7.63. The zero-order chi connectivity index (χ0) is 20.8. The Morgan fingerprint density at radius 1 is 1.07 bits per heavy atom. The van der Waals surface area contributed by atoms with Gasteiger partial charge in [-0.2, -0.15) is 0 Å². The number of urea groups is 1. The lowest BCUT2D eigenvalue weighted by molar-refractivity contribution is 0.114. The molecule has 0 spiro atoms. The van der Waals surface area contributed by atoms with Crippen LogP contribution in [0.2, 0.25) is 5.02 Å². The first kappa shape index (κ1) is 20.2. The minimum atomic E-state index is -3.29. The van der Waals surface area contributed by atoms with Crippen molar-refractivity contribution in [2.45, 2.75) is 23.3 Å². The summed E-state index contributed by atoms with van der Waals surface area (Å²) >= 11 is 6.31. The molecule has 2 heterocycles. The molecule has 0 aliphatic carbocycles. The molecule has 2 amide bonds. The normalized spacial score (nSPS) is 20.0. The highest BCUT2D eigenvalue weighted by molar-refractivity contribution is 7.90. The van der Waals surface area contributed by atoms with E-state index < -0.39 is 15.9 Å². The maximum atomic E-state index is 12.4. The molecule has 154 valence electrons. The van der Waals surface area contributed by atoms with E-state index in [0.29, 0.717) is 43.5 Å². The lowest BCUT2D eigenvalue weighted by atomic mass is 9.90. The number of amides is 2. The smallest absolute Gasteiger partial charge is 0.320 e. The number of β-amino-alcohol motifs (C(OH)–C–C–N with tert-alkyl or cyclic N) is 1. The van der Waals surface area contributed by atoms with Gasteiger partial charge in [0, 0.05) is 48.9 Å². The molecule has 2 aliphatic heterocycles. The summed E-state index contributed by atoms with van der Waals surface area (Å²) in [5.41, 5.74) is 2.85. The van der Waals surface area contributed by atoms with Crippen LogP contribution in [-0.4, -0.2) is 67.9 Å². The number of aliphatic hydroxyl groups is 1. The molecule has 2 saturated heterocycles. The third-order valence-electron chi connectivity index (χ3n) is 5.65. The van der Waals surface area contributed by atoms with Gasteiger partial charge in [-0.15, -0.1) is 0 Å². The van der Waals surface area contributed by atoms with Crippen LogP contribution >= 0.6 is 11.6 Å². The van der Waals surface area contributed by atoms with Crippen LogP contribution in [-0.2, 0) is 9.84 Å². The van der Waals surface area contributed by atoms with E-state index in [1.807, 2.05) is 29.2 Å². The Labute approximate surface area is 175 Å². The summed E-state index contributed by atoms with van der Waals surface area (Å²) in [5.74, 6) is 0.295. The molecule has 0 bridgehead atoms. The van der Waals surface area contributed by atoms with Crippen LogP contribution in [0.1, 0.15) is 17.9 Å². The topological polar surface area (TPSA) is 77.9 Å². The van der Waals surface area contributed by atoms with Crippen LogP contribution in [0, 0.1) is 0 Å². The van der Waals surface area contributed by atoms with Crippen LogP contribution < -0.4 is 0 Å². The SMILES string of the molecule is CS(=O)(=O)c1ccc(-c2ccc(C3CN(C(=O)N4CC[C@H](O)C4)C3)cc2)c(Cl)c1. The molecule has 0 unspecified atom stereocenters. The average Bonchev–Trinajstić information content (AvgIpc) is 3.07. The molecular weight excluding hydrogens is 412 g/mol. The van der Waals surface area contributed by atoms with Gasteiger partial charge in [0.15, 0.2) is 9.84 Å². The summed E-state index contributed by atoms with van der Waals surface area (Å²) in [4.78, 5) is 16.1. The van der Waals surface area contributed by atoms with Gasteiger partial charge in [0.25, 0.3) is 0 Å². The Bertz CT molecular complexity index is 1030. The standard InChI is InChI=1S/C21H23ClN2O4S/c1-29(27,28)18-6-7-19(20(22)10-18)15-4-2-14(3-5-15)16-11-24(12-16)21(26)23-9-8-17(25)13-23/h2-7,10,16-17,25H,8-9,11-13H2,1H3/t17-/m0/s1. The van der Waals surface area contributed by atoms with Crippen molar-refractivity contribution in [3.8, 4) is 11.1 Å². The minimum Gasteiger partial charge on any atom is -0.391 e. The third-order valence-corrected chi connectivity index (χ3v) is 7.07. The molecule has 6 nitrogen and oxygen atoms in total. The number of benzene rings is 2. The molecular formula is C21H23ClN2O4S. The Morgan fingerprint density at radius 2 is 1.76 bits per heavy atom. The predicted molar refractivity (Wildman–Crippen MR) is 112 cm³/mol. The van der Waals surface area contributed by atoms with Gasteiger partial charge < -0.3 is 14.9 Å². The van der Waals surface area contributed by atoms with E-state index in [2.05, 4.69) is 0 Å². The number of likely N-dealkylation sites (tertiary alicyclic amines) is 2. The zero-order valence-electron chi connectivity index (χ0n) is 16.1. The van der Waals surface area contributed by atoms with Crippen molar-refractivity contribution in [3.63, 3.8) is 0 Å². The van der Waals surface area contributed by atoms with E-state index in [9.17, 15) is 18.3 Å². The van der Waals surface area contributed by atoms with Crippen LogP contribution in [0.25, 0.3) is 11.1 Å². The molecule has 1 atom stereocenters. The van der Waals surface area contributed by atoms with E-state index in [0.717, 1.165) is 22.9 Å². The summed E-state index contributed by atoms with van der Waals surface area (Å²) in [5, 5.41) is 9.99. The summed E-state index contributed by atoms with van der Waals surface area (Å²) in [6.07, 6.45) is 1.41. The quantitative estimate of drug-likeness (QED) is 0.805. The van der Waals surface area contributed by atoms with Crippen molar-refractivity contribution in [1.82, 2.24) is 9.80 Å². The van der Waals surface area contributed by atoms with Crippen molar-refractivity contribution in [3.05, 3.63) is 53.1 Å². The van der Waals surface area contributed by atoms with Gasteiger partial charge in [0.1, 0.15) is 0 Å². The van der Waals surface area contributed by atoms with E-state index in [-0.39, 0.29) is 10.9 Å². The number of carbonyl (C=O) groups is 1. The van der Waals surface area contributed by atoms with Crippen LogP contribution in [0.15, 0.2) is 47.4 Å². The van der Waals surface area contributed by atoms with Gasteiger partial charge >= 0.3 is 6.03 Å². The van der Waals surface area contributed by atoms with E-state index in [4.69, 9.17) is 11.6 Å². The van der Waals surface area contributed by atoms with E-state index >= 15 is 0 Å². The van der Waals surface area contributed by atoms with Crippen LogP contribution in [0.4, 0.5) is 4.79 Å². The van der Waals surface area contributed by atoms with Gasteiger partial charge in [0.05, 0.1) is 11.0 Å². The minimum absolute atomic E-state index is 0.00664. The number of nitrogens with zero attached hydrogens (tertiary/aromatic N) is 2. The van der Waals surface area contributed by atoms with Gasteiger partial charge in [-0.05, 0) is 29.7 Å². The van der Waals surface area contributed by atoms with Crippen LogP contribution in [0.5, 0.6) is 0 Å². The number of hydrogen-bond acceptors (Lipinski definition) is 4. The molecule has 0 saturated carbocycles. The molecule has 2 aromatic carbocycles. The average molecular weight is 435 g/mol. The fourth-order valence-electron chi connectivity index (χ4n) is 3.86. The van der Waals surface area contributed by atoms with Gasteiger partial charge in [-0.25, -0.2) is 13.2 Å². The molecule has 0 aromatic heterocycles. The largest absolute Gasteiger partial charge is 0.391 e. The molecule has 2 fully saturated rings. The van der Waals surface area contributed by atoms with E-state index in [1.165, 1.54) is 6.07 Å². The molecule has 1 N–H and O–H groups in total. The summed E-state index contributed by atoms with van der Waals surface area (Å²) in [6, 6.07) is 12.8. The molecule has 2 aliphatic rings. The van der Waals surface area contributed by atoms with Crippen LogP contribution in [0.3, 0.4) is 0 Å². The van der Waals surface area contributed by atoms with Crippen molar-refractivity contribution in [1.29, 1.82) is 0 Å². The van der Waals surface area contributed by atoms with Gasteiger partial charge in [-0.1, -0.05) is 41.9 Å². The summed E-state index contributed by atoms with van der Waals surface area (Å²) in [6.45, 7) is 2.39. The lowest BCUT2D eigenvalue weighted by Gasteiger charge is -2.41. The van der Waals surface area contributed by atoms with Crippen molar-refractivity contribution in [2.75, 3.05) is 32.4 Å². The Morgan fingerprint density at radius 3 is 2.31 bits per heavy atom. The molecule has 2 aromatic rings. The fourth-order valence-corrected chi connectivity index (χ4v) is 4.86. The highest BCUT2D eigenvalue weighted by Gasteiger charge is 2.36. The number of rotatable bonds is 3. The number of aliphatic hydroxyl groups excluding tert-OH is 1. The zero-order valence-corrected chi connectivity index (χ0v) is 17.7. The second-order valence-corrected chi connectivity index (χ2v) is 10.2. The Hall–Kier alpha value is -2.09. The highest BCUT2D eigenvalue weighted by atomic mass is 35.5. The number of sulfone groups is 1. The monoisotopic (exact) mass is 434 g/mol. The molecule has 8 heteroatoms. The summed E-state index contributed by atoms with van der Waals surface area (Å²) < 4.78 is 23.3. The lowest BCUT2D eigenvalue weighted by Crippen LogP contribution is -2.53. The predicted octanol–water partition coefficient (Wildman–Crippen LogP) is 3.00. The maximum absolute atomic E-state index is 12.4. The number of halogens is 1. The van der Waals surface area contributed by atoms with Crippen molar-refractivity contribution >= 4 is 27.5 Å². The molecule has 4 rings (SSSR count). The van der Waals surface area contributed by atoms with E-state index in [1.54, 1.807) is 17.0 Å². The number of hydrogen-bond donors (Lipinski definition) is 1. The molecule has 0 radical (unpaired) electrons. The number of carbonyl (C=O) groups excluding carboxylic acids is 1. The second-order valence-electron chi connectivity index (χ2n) is 7.81. The van der Waals surface area contributed by atoms with Gasteiger partial charge in [0.2, 0.25) is 0 Å². The van der Waals surface area contributed by atoms with Crippen molar-refractivity contribution < 1.29 is 18.3 Å². The molecule has 29 heavy (non-hydrogen) atoms. The first-order valence-electron chi connectivity index (χ1n) is 9.54. The Balaban J connectivity index is 1.41. The first-order valence-corrected chi connectivity index (χ1v) is 11.8. The fraction of sp³-hybridized carbons (Fsp3) is 0.381. The third kappa shape index (κ3) is 4.13. The first-order chi connectivity index (χ1) is 13.7. The summed E-state index contributed by atoms with van der Waals surface area (Å²) in [7, 11) is -3.29. The Kier molecular flexibility index (Phi) is 5.31. The maximum Gasteiger partial charge on any atom is 0.320 e. The highest BCUT2D eigenvalue weighted by Crippen LogP contribution is 2.33.